The lowest BCUT2D eigenvalue weighted by atomic mass is 9.76. The molecule has 0 spiro atoms. The quantitative estimate of drug-likeness (QED) is 0.352. The van der Waals surface area contributed by atoms with E-state index in [-0.39, 0.29) is 26.8 Å². The molecule has 3 N–H and O–H groups in total. The summed E-state index contributed by atoms with van der Waals surface area (Å²) in [6.07, 6.45) is 1.97. The van der Waals surface area contributed by atoms with Gasteiger partial charge in [0.25, 0.3) is 0 Å². The van der Waals surface area contributed by atoms with Crippen LogP contribution < -0.4 is 10.6 Å². The number of hydrogen-bond donors (Lipinski definition) is 3. The van der Waals surface area contributed by atoms with Crippen LogP contribution in [-0.2, 0) is 4.79 Å². The lowest BCUT2D eigenvalue weighted by Gasteiger charge is -2.30. The van der Waals surface area contributed by atoms with Crippen LogP contribution in [0, 0.1) is 5.41 Å². The predicted molar refractivity (Wildman–Crippen MR) is 105 cm³/mol. The van der Waals surface area contributed by atoms with Gasteiger partial charge < -0.3 is 15.7 Å². The number of aromatic hydroxyl groups is 1. The van der Waals surface area contributed by atoms with Gasteiger partial charge in [0.05, 0.1) is 15.5 Å². The minimum atomic E-state index is -0.540. The van der Waals surface area contributed by atoms with E-state index in [1.54, 1.807) is 0 Å². The second-order valence-electron chi connectivity index (χ2n) is 5.82. The molecule has 0 radical (unpaired) electrons. The zero-order valence-corrected chi connectivity index (χ0v) is 16.3. The van der Waals surface area contributed by atoms with Crippen molar-refractivity contribution in [2.45, 2.75) is 40.0 Å². The third-order valence-corrected chi connectivity index (χ3v) is 4.76. The SMILES string of the molecule is C=C(C)CC(CC)(CC)C(=O)NC(=S)Nc1cc(Cl)c(O)c(Cl)c1. The Morgan fingerprint density at radius 2 is 1.79 bits per heavy atom. The summed E-state index contributed by atoms with van der Waals surface area (Å²) in [4.78, 5) is 12.7. The standard InChI is InChI=1S/C17H22Cl2N2O2S/c1-5-17(6-2,9-10(3)4)15(23)21-16(24)20-11-7-12(18)14(22)13(19)8-11/h7-8,22H,3,5-6,9H2,1-2,4H3,(H2,20,21,23,24). The molecule has 4 nitrogen and oxygen atoms in total. The van der Waals surface area contributed by atoms with E-state index in [1.165, 1.54) is 12.1 Å². The molecule has 7 heteroatoms. The summed E-state index contributed by atoms with van der Waals surface area (Å²) in [5.41, 5.74) is 0.887. The van der Waals surface area contributed by atoms with Gasteiger partial charge in [-0.15, -0.1) is 6.58 Å². The van der Waals surface area contributed by atoms with E-state index in [1.807, 2.05) is 20.8 Å². The summed E-state index contributed by atoms with van der Waals surface area (Å²) in [5.74, 6) is -0.347. The Labute approximate surface area is 158 Å². The number of thiocarbonyl (C=S) groups is 1. The van der Waals surface area contributed by atoms with Gasteiger partial charge in [-0.3, -0.25) is 4.79 Å². The highest BCUT2D eigenvalue weighted by Crippen LogP contribution is 2.35. The highest BCUT2D eigenvalue weighted by Gasteiger charge is 2.35. The van der Waals surface area contributed by atoms with Gasteiger partial charge in [0, 0.05) is 5.69 Å². The van der Waals surface area contributed by atoms with Gasteiger partial charge in [-0.2, -0.15) is 0 Å². The van der Waals surface area contributed by atoms with Gasteiger partial charge in [0.1, 0.15) is 0 Å². The normalized spacial score (nSPS) is 11.0. The van der Waals surface area contributed by atoms with E-state index in [9.17, 15) is 9.90 Å². The van der Waals surface area contributed by atoms with Gasteiger partial charge in [-0.25, -0.2) is 0 Å². The molecular formula is C17H22Cl2N2O2S. The third kappa shape index (κ3) is 5.10. The zero-order chi connectivity index (χ0) is 18.5. The average molecular weight is 389 g/mol. The summed E-state index contributed by atoms with van der Waals surface area (Å²) >= 11 is 16.9. The highest BCUT2D eigenvalue weighted by molar-refractivity contribution is 7.80. The first-order valence-electron chi connectivity index (χ1n) is 7.60. The largest absolute Gasteiger partial charge is 0.505 e. The van der Waals surface area contributed by atoms with Gasteiger partial charge >= 0.3 is 0 Å². The van der Waals surface area contributed by atoms with Crippen LogP contribution in [-0.4, -0.2) is 16.1 Å². The van der Waals surface area contributed by atoms with E-state index >= 15 is 0 Å². The van der Waals surface area contributed by atoms with Crippen LogP contribution in [0.15, 0.2) is 24.3 Å². The second-order valence-corrected chi connectivity index (χ2v) is 7.04. The number of halogens is 2. The zero-order valence-electron chi connectivity index (χ0n) is 14.0. The molecule has 24 heavy (non-hydrogen) atoms. The molecule has 0 atom stereocenters. The molecule has 0 saturated heterocycles. The van der Waals surface area contributed by atoms with Crippen molar-refractivity contribution in [2.75, 3.05) is 5.32 Å². The summed E-state index contributed by atoms with van der Waals surface area (Å²) < 4.78 is 0. The van der Waals surface area contributed by atoms with Crippen LogP contribution in [0.25, 0.3) is 0 Å². The summed E-state index contributed by atoms with van der Waals surface area (Å²) in [5, 5.41) is 15.5. The molecule has 0 bridgehead atoms. The van der Waals surface area contributed by atoms with E-state index < -0.39 is 5.41 Å². The van der Waals surface area contributed by atoms with Gasteiger partial charge in [-0.05, 0) is 50.5 Å². The monoisotopic (exact) mass is 388 g/mol. The number of allylic oxidation sites excluding steroid dienone is 1. The van der Waals surface area contributed by atoms with Crippen molar-refractivity contribution in [1.82, 2.24) is 5.32 Å². The molecule has 0 saturated carbocycles. The van der Waals surface area contributed by atoms with Gasteiger partial charge in [0.2, 0.25) is 5.91 Å². The fourth-order valence-corrected chi connectivity index (χ4v) is 3.21. The summed E-state index contributed by atoms with van der Waals surface area (Å²) in [6.45, 7) is 9.77. The van der Waals surface area contributed by atoms with Crippen LogP contribution in [0.4, 0.5) is 5.69 Å². The molecule has 132 valence electrons. The lowest BCUT2D eigenvalue weighted by molar-refractivity contribution is -0.130. The lowest BCUT2D eigenvalue weighted by Crippen LogP contribution is -2.45. The first-order chi connectivity index (χ1) is 11.1. The van der Waals surface area contributed by atoms with Crippen LogP contribution >= 0.6 is 35.4 Å². The molecule has 0 unspecified atom stereocenters. The highest BCUT2D eigenvalue weighted by atomic mass is 35.5. The molecule has 0 heterocycles. The van der Waals surface area contributed by atoms with E-state index in [4.69, 9.17) is 35.4 Å². The van der Waals surface area contributed by atoms with Crippen molar-refractivity contribution in [3.05, 3.63) is 34.3 Å². The van der Waals surface area contributed by atoms with Crippen LogP contribution in [0.5, 0.6) is 5.75 Å². The number of carbonyl (C=O) groups is 1. The maximum Gasteiger partial charge on any atom is 0.232 e. The molecule has 1 rings (SSSR count). The number of benzene rings is 1. The van der Waals surface area contributed by atoms with Crippen molar-refractivity contribution in [3.8, 4) is 5.75 Å². The Bertz CT molecular complexity index is 635. The number of anilines is 1. The number of hydrogen-bond acceptors (Lipinski definition) is 3. The molecule has 1 amide bonds. The fourth-order valence-electron chi connectivity index (χ4n) is 2.51. The average Bonchev–Trinajstić information content (AvgIpc) is 2.49. The topological polar surface area (TPSA) is 61.4 Å². The molecule has 0 aliphatic rings. The number of amides is 1. The Balaban J connectivity index is 2.86. The van der Waals surface area contributed by atoms with Crippen LogP contribution in [0.3, 0.4) is 0 Å². The molecule has 1 aromatic carbocycles. The molecule has 0 aromatic heterocycles. The predicted octanol–water partition coefficient (Wildman–Crippen LogP) is 5.28. The number of nitrogens with one attached hydrogen (secondary N) is 2. The third-order valence-electron chi connectivity index (χ3n) is 3.98. The first-order valence-corrected chi connectivity index (χ1v) is 8.76. The Kier molecular flexibility index (Phi) is 7.52. The van der Waals surface area contributed by atoms with Gasteiger partial charge in [-0.1, -0.05) is 42.6 Å². The van der Waals surface area contributed by atoms with E-state index in [0.29, 0.717) is 24.9 Å². The van der Waals surface area contributed by atoms with E-state index in [0.717, 1.165) is 5.57 Å². The Morgan fingerprint density at radius 3 is 2.21 bits per heavy atom. The molecule has 0 fully saturated rings. The Hall–Kier alpha value is -1.30. The minimum absolute atomic E-state index is 0.0953. The maximum atomic E-state index is 12.7. The summed E-state index contributed by atoms with van der Waals surface area (Å²) in [6, 6.07) is 2.95. The number of rotatable bonds is 6. The molecular weight excluding hydrogens is 367 g/mol. The van der Waals surface area contributed by atoms with Crippen LogP contribution in [0.1, 0.15) is 40.0 Å². The number of phenolic OH excluding ortho intramolecular Hbond substituents is 1. The van der Waals surface area contributed by atoms with Crippen molar-refractivity contribution in [1.29, 1.82) is 0 Å². The van der Waals surface area contributed by atoms with Crippen molar-refractivity contribution < 1.29 is 9.90 Å². The Morgan fingerprint density at radius 1 is 1.29 bits per heavy atom. The molecule has 1 aromatic rings. The van der Waals surface area contributed by atoms with E-state index in [2.05, 4.69) is 17.2 Å². The van der Waals surface area contributed by atoms with Crippen molar-refractivity contribution in [3.63, 3.8) is 0 Å². The number of phenols is 1. The van der Waals surface area contributed by atoms with Crippen LogP contribution in [0.2, 0.25) is 10.0 Å². The fraction of sp³-hybridized carbons (Fsp3) is 0.412. The van der Waals surface area contributed by atoms with Crippen molar-refractivity contribution in [2.24, 2.45) is 5.41 Å². The van der Waals surface area contributed by atoms with Crippen molar-refractivity contribution >= 4 is 52.1 Å². The smallest absolute Gasteiger partial charge is 0.232 e. The molecule has 0 aliphatic carbocycles. The second kappa shape index (κ2) is 8.70. The summed E-state index contributed by atoms with van der Waals surface area (Å²) in [7, 11) is 0. The molecule has 0 aliphatic heterocycles. The number of carbonyl (C=O) groups excluding carboxylic acids is 1. The van der Waals surface area contributed by atoms with Gasteiger partial charge in [0.15, 0.2) is 10.9 Å². The minimum Gasteiger partial charge on any atom is -0.505 e. The maximum absolute atomic E-state index is 12.7. The first kappa shape index (κ1) is 20.7.